The van der Waals surface area contributed by atoms with Gasteiger partial charge in [-0.1, -0.05) is 0 Å². The van der Waals surface area contributed by atoms with E-state index in [4.69, 9.17) is 10.5 Å². The number of ether oxygens (including phenoxy) is 1. The summed E-state index contributed by atoms with van der Waals surface area (Å²) in [6.45, 7) is 4.98. The molecule has 0 aromatic heterocycles. The Labute approximate surface area is 68.5 Å². The van der Waals surface area contributed by atoms with Gasteiger partial charge in [0.1, 0.15) is 0 Å². The van der Waals surface area contributed by atoms with Crippen molar-refractivity contribution in [3.05, 3.63) is 0 Å². The van der Waals surface area contributed by atoms with Crippen molar-refractivity contribution < 1.29 is 4.74 Å². The zero-order valence-corrected chi connectivity index (χ0v) is 7.41. The van der Waals surface area contributed by atoms with Crippen LogP contribution < -0.4 is 5.73 Å². The molecule has 3 heteroatoms. The Morgan fingerprint density at radius 3 is 2.40 bits per heavy atom. The van der Waals surface area contributed by atoms with E-state index < -0.39 is 0 Å². The summed E-state index contributed by atoms with van der Waals surface area (Å²) in [5.41, 5.74) is 5.70. The number of hydrogen-bond acceptors (Lipinski definition) is 2. The van der Waals surface area contributed by atoms with Gasteiger partial charge in [-0.15, -0.1) is 12.4 Å². The van der Waals surface area contributed by atoms with Gasteiger partial charge in [0.05, 0.1) is 5.60 Å². The Bertz CT molecular complexity index is 106. The van der Waals surface area contributed by atoms with E-state index >= 15 is 0 Å². The molecule has 0 amide bonds. The maximum Gasteiger partial charge on any atom is 0.0776 e. The second kappa shape index (κ2) is 3.56. The van der Waals surface area contributed by atoms with Crippen LogP contribution in [0.4, 0.5) is 0 Å². The highest BCUT2D eigenvalue weighted by Crippen LogP contribution is 2.21. The lowest BCUT2D eigenvalue weighted by atomic mass is 9.93. The Hall–Kier alpha value is 0.210. The minimum atomic E-state index is -0.0851. The summed E-state index contributed by atoms with van der Waals surface area (Å²) in [5, 5.41) is 0. The van der Waals surface area contributed by atoms with E-state index in [9.17, 15) is 0 Å². The number of hydrogen-bond donors (Lipinski definition) is 1. The lowest BCUT2D eigenvalue weighted by molar-refractivity contribution is -0.0653. The van der Waals surface area contributed by atoms with Crippen LogP contribution >= 0.6 is 12.4 Å². The van der Waals surface area contributed by atoms with Gasteiger partial charge < -0.3 is 10.5 Å². The molecule has 1 aliphatic rings. The predicted molar refractivity (Wildman–Crippen MR) is 44.5 cm³/mol. The molecular weight excluding hydrogens is 150 g/mol. The highest BCUT2D eigenvalue weighted by molar-refractivity contribution is 5.85. The van der Waals surface area contributed by atoms with Gasteiger partial charge in [-0.2, -0.15) is 0 Å². The Morgan fingerprint density at radius 2 is 2.10 bits per heavy atom. The van der Waals surface area contributed by atoms with Crippen LogP contribution in [0, 0.1) is 0 Å². The second-order valence-corrected chi connectivity index (χ2v) is 3.20. The highest BCUT2D eigenvalue weighted by atomic mass is 35.5. The van der Waals surface area contributed by atoms with Crippen molar-refractivity contribution in [3.63, 3.8) is 0 Å². The molecule has 62 valence electrons. The molecule has 1 aliphatic heterocycles. The zero-order valence-electron chi connectivity index (χ0n) is 6.59. The number of rotatable bonds is 0. The van der Waals surface area contributed by atoms with Crippen molar-refractivity contribution in [2.24, 2.45) is 5.73 Å². The summed E-state index contributed by atoms with van der Waals surface area (Å²) in [5.74, 6) is 0. The third kappa shape index (κ3) is 2.11. The van der Waals surface area contributed by atoms with Gasteiger partial charge in [0.2, 0.25) is 0 Å². The molecule has 0 aromatic rings. The lowest BCUT2D eigenvalue weighted by Gasteiger charge is -2.35. The summed E-state index contributed by atoms with van der Waals surface area (Å²) < 4.78 is 5.45. The van der Waals surface area contributed by atoms with E-state index in [0.29, 0.717) is 0 Å². The van der Waals surface area contributed by atoms with Crippen LogP contribution in [0.3, 0.4) is 0 Å². The average molecular weight is 166 g/mol. The Kier molecular flexibility index (Phi) is 3.63. The molecule has 1 heterocycles. The molecule has 10 heavy (non-hydrogen) atoms. The fourth-order valence-electron chi connectivity index (χ4n) is 1.09. The van der Waals surface area contributed by atoms with Gasteiger partial charge >= 0.3 is 0 Å². The van der Waals surface area contributed by atoms with E-state index in [-0.39, 0.29) is 24.0 Å². The third-order valence-electron chi connectivity index (χ3n) is 2.03. The molecular formula is C7H16ClNO. The van der Waals surface area contributed by atoms with Crippen LogP contribution in [0.5, 0.6) is 0 Å². The Balaban J connectivity index is 0.000000810. The van der Waals surface area contributed by atoms with Crippen LogP contribution in [0.2, 0.25) is 0 Å². The SMILES string of the molecule is CC1(C)OCCCC1N.Cl. The standard InChI is InChI=1S/C7H15NO.ClH/c1-7(2)6(8)4-3-5-9-7;/h6H,3-5,8H2,1-2H3;1H. The molecule has 1 fully saturated rings. The summed E-state index contributed by atoms with van der Waals surface area (Å²) in [4.78, 5) is 0. The smallest absolute Gasteiger partial charge is 0.0776 e. The maximum absolute atomic E-state index is 5.79. The fraction of sp³-hybridized carbons (Fsp3) is 1.00. The quantitative estimate of drug-likeness (QED) is 0.588. The largest absolute Gasteiger partial charge is 0.374 e. The molecule has 2 N–H and O–H groups in total. The molecule has 1 unspecified atom stereocenters. The van der Waals surface area contributed by atoms with Gasteiger partial charge in [-0.3, -0.25) is 0 Å². The van der Waals surface area contributed by atoms with Crippen LogP contribution in [0.1, 0.15) is 26.7 Å². The summed E-state index contributed by atoms with van der Waals surface area (Å²) in [6, 6.07) is 0.228. The number of nitrogens with two attached hydrogens (primary N) is 1. The molecule has 0 bridgehead atoms. The first-order valence-corrected chi connectivity index (χ1v) is 3.52. The predicted octanol–water partition coefficient (Wildman–Crippen LogP) is 1.32. The first kappa shape index (κ1) is 10.2. The second-order valence-electron chi connectivity index (χ2n) is 3.20. The zero-order chi connectivity index (χ0) is 6.91. The van der Waals surface area contributed by atoms with Gasteiger partial charge in [0.15, 0.2) is 0 Å². The first-order chi connectivity index (χ1) is 4.13. The lowest BCUT2D eigenvalue weighted by Crippen LogP contribution is -2.48. The fourth-order valence-corrected chi connectivity index (χ4v) is 1.09. The molecule has 1 saturated heterocycles. The van der Waals surface area contributed by atoms with E-state index in [1.165, 1.54) is 0 Å². The van der Waals surface area contributed by atoms with Crippen LogP contribution in [-0.4, -0.2) is 18.2 Å². The highest BCUT2D eigenvalue weighted by Gasteiger charge is 2.29. The van der Waals surface area contributed by atoms with E-state index in [1.54, 1.807) is 0 Å². The molecule has 0 saturated carbocycles. The maximum atomic E-state index is 5.79. The molecule has 1 atom stereocenters. The van der Waals surface area contributed by atoms with Crippen LogP contribution in [-0.2, 0) is 4.74 Å². The van der Waals surface area contributed by atoms with Gasteiger partial charge in [-0.05, 0) is 26.7 Å². The van der Waals surface area contributed by atoms with Crippen molar-refractivity contribution >= 4 is 12.4 Å². The summed E-state index contributed by atoms with van der Waals surface area (Å²) in [6.07, 6.45) is 2.22. The molecule has 1 rings (SSSR count). The Morgan fingerprint density at radius 1 is 1.50 bits per heavy atom. The van der Waals surface area contributed by atoms with Crippen molar-refractivity contribution in [2.45, 2.75) is 38.3 Å². The monoisotopic (exact) mass is 165 g/mol. The minimum Gasteiger partial charge on any atom is -0.374 e. The molecule has 0 aliphatic carbocycles. The van der Waals surface area contributed by atoms with Crippen molar-refractivity contribution in [1.29, 1.82) is 0 Å². The van der Waals surface area contributed by atoms with Crippen LogP contribution in [0.15, 0.2) is 0 Å². The van der Waals surface area contributed by atoms with Crippen molar-refractivity contribution in [2.75, 3.05) is 6.61 Å². The van der Waals surface area contributed by atoms with Gasteiger partial charge in [0, 0.05) is 12.6 Å². The van der Waals surface area contributed by atoms with Gasteiger partial charge in [-0.25, -0.2) is 0 Å². The van der Waals surface area contributed by atoms with E-state index in [1.807, 2.05) is 0 Å². The first-order valence-electron chi connectivity index (χ1n) is 3.52. The van der Waals surface area contributed by atoms with Gasteiger partial charge in [0.25, 0.3) is 0 Å². The van der Waals surface area contributed by atoms with Crippen molar-refractivity contribution in [1.82, 2.24) is 0 Å². The molecule has 0 aromatic carbocycles. The van der Waals surface area contributed by atoms with E-state index in [2.05, 4.69) is 13.8 Å². The normalized spacial score (nSPS) is 30.9. The third-order valence-corrected chi connectivity index (χ3v) is 2.03. The minimum absolute atomic E-state index is 0. The van der Waals surface area contributed by atoms with Crippen LogP contribution in [0.25, 0.3) is 0 Å². The topological polar surface area (TPSA) is 35.2 Å². The molecule has 2 nitrogen and oxygen atoms in total. The molecule has 0 spiro atoms. The molecule has 0 radical (unpaired) electrons. The van der Waals surface area contributed by atoms with E-state index in [0.717, 1.165) is 19.4 Å². The number of halogens is 1. The summed E-state index contributed by atoms with van der Waals surface area (Å²) >= 11 is 0. The average Bonchev–Trinajstić information content (AvgIpc) is 1.77. The van der Waals surface area contributed by atoms with Crippen molar-refractivity contribution in [3.8, 4) is 0 Å². The summed E-state index contributed by atoms with van der Waals surface area (Å²) in [7, 11) is 0.